The number of hydrogen-bond acceptors (Lipinski definition) is 3. The maximum atomic E-state index is 12.4. The van der Waals surface area contributed by atoms with Gasteiger partial charge in [-0.3, -0.25) is 4.79 Å². The molecule has 0 saturated carbocycles. The molecule has 0 spiro atoms. The fraction of sp³-hybridized carbons (Fsp3) is 0.375. The van der Waals surface area contributed by atoms with Crippen molar-refractivity contribution >= 4 is 22.5 Å². The third kappa shape index (κ3) is 3.29. The van der Waals surface area contributed by atoms with E-state index in [1.807, 2.05) is 12.1 Å². The summed E-state index contributed by atoms with van der Waals surface area (Å²) in [6, 6.07) is 14.9. The van der Waals surface area contributed by atoms with Crippen molar-refractivity contribution in [3.05, 3.63) is 53.6 Å². The summed E-state index contributed by atoms with van der Waals surface area (Å²) in [5.41, 5.74) is 6.69. The van der Waals surface area contributed by atoms with Crippen molar-refractivity contribution in [2.45, 2.75) is 19.8 Å². The quantitative estimate of drug-likeness (QED) is 0.720. The lowest BCUT2D eigenvalue weighted by molar-refractivity contribution is 0.0957. The monoisotopic (exact) mass is 388 g/mol. The molecule has 0 unspecified atom stereocenters. The number of nitrogens with zero attached hydrogens (tertiary/aromatic N) is 2. The number of aromatic nitrogens is 1. The molecule has 5 rings (SSSR count). The predicted molar refractivity (Wildman–Crippen MR) is 119 cm³/mol. The number of rotatable bonds is 3. The molecule has 5 nitrogen and oxygen atoms in total. The van der Waals surface area contributed by atoms with Gasteiger partial charge in [-0.05, 0) is 61.3 Å². The Labute approximate surface area is 171 Å². The second-order valence-electron chi connectivity index (χ2n) is 8.03. The number of carbonyl (C=O) groups is 1. The first kappa shape index (κ1) is 18.3. The zero-order valence-electron chi connectivity index (χ0n) is 17.0. The van der Waals surface area contributed by atoms with Crippen molar-refractivity contribution in [2.24, 2.45) is 0 Å². The summed E-state index contributed by atoms with van der Waals surface area (Å²) >= 11 is 0. The smallest absolute Gasteiger partial charge is 0.251 e. The van der Waals surface area contributed by atoms with Gasteiger partial charge in [0.2, 0.25) is 0 Å². The molecule has 0 aliphatic carbocycles. The summed E-state index contributed by atoms with van der Waals surface area (Å²) in [5, 5.41) is 4.10. The SMILES string of the molecule is CCN1CCCN(c2ccc(-c3[nH]c4cccc5c4c3CCNC5=O)cc2)CC1. The van der Waals surface area contributed by atoms with Gasteiger partial charge in [0.15, 0.2) is 0 Å². The topological polar surface area (TPSA) is 51.4 Å². The highest BCUT2D eigenvalue weighted by Gasteiger charge is 2.22. The Morgan fingerprint density at radius 1 is 1.00 bits per heavy atom. The Hall–Kier alpha value is -2.79. The maximum absolute atomic E-state index is 12.4. The summed E-state index contributed by atoms with van der Waals surface area (Å²) in [6.45, 7) is 8.58. The minimum atomic E-state index is 0.0255. The molecular weight excluding hydrogens is 360 g/mol. The van der Waals surface area contributed by atoms with E-state index >= 15 is 0 Å². The number of aromatic amines is 1. The van der Waals surface area contributed by atoms with Gasteiger partial charge in [0.25, 0.3) is 5.91 Å². The molecule has 0 radical (unpaired) electrons. The fourth-order valence-electron chi connectivity index (χ4n) is 4.78. The van der Waals surface area contributed by atoms with Crippen LogP contribution in [0.5, 0.6) is 0 Å². The number of benzene rings is 2. The molecule has 2 aliphatic heterocycles. The Kier molecular flexibility index (Phi) is 4.76. The van der Waals surface area contributed by atoms with Crippen LogP contribution >= 0.6 is 0 Å². The summed E-state index contributed by atoms with van der Waals surface area (Å²) in [6.07, 6.45) is 2.06. The average molecular weight is 389 g/mol. The van der Waals surface area contributed by atoms with Crippen LogP contribution in [0.4, 0.5) is 5.69 Å². The van der Waals surface area contributed by atoms with E-state index in [1.165, 1.54) is 29.8 Å². The second-order valence-corrected chi connectivity index (χ2v) is 8.03. The molecule has 1 fully saturated rings. The van der Waals surface area contributed by atoms with Crippen LogP contribution in [0.25, 0.3) is 22.2 Å². The standard InChI is InChI=1S/C24H28N4O/c1-2-27-13-4-14-28(16-15-27)18-9-7-17(8-10-18)23-19-11-12-25-24(29)20-5-3-6-21(26-23)22(19)20/h3,5-10,26H,2,4,11-16H2,1H3,(H,25,29). The third-order valence-corrected chi connectivity index (χ3v) is 6.39. The molecule has 3 aromatic rings. The molecule has 1 aromatic heterocycles. The van der Waals surface area contributed by atoms with Crippen LogP contribution in [0.1, 0.15) is 29.3 Å². The summed E-state index contributed by atoms with van der Waals surface area (Å²) in [5.74, 6) is 0.0255. The van der Waals surface area contributed by atoms with E-state index in [4.69, 9.17) is 0 Å². The first-order valence-corrected chi connectivity index (χ1v) is 10.7. The number of H-pyrrole nitrogens is 1. The second kappa shape index (κ2) is 7.56. The van der Waals surface area contributed by atoms with E-state index in [-0.39, 0.29) is 5.91 Å². The Bertz CT molecular complexity index is 1040. The zero-order valence-corrected chi connectivity index (χ0v) is 17.0. The first-order chi connectivity index (χ1) is 14.2. The van der Waals surface area contributed by atoms with E-state index in [0.717, 1.165) is 54.8 Å². The van der Waals surface area contributed by atoms with E-state index in [2.05, 4.69) is 57.4 Å². The number of anilines is 1. The molecule has 29 heavy (non-hydrogen) atoms. The molecule has 2 aliphatic rings. The van der Waals surface area contributed by atoms with Gasteiger partial charge in [-0.25, -0.2) is 0 Å². The normalized spacial score (nSPS) is 17.8. The van der Waals surface area contributed by atoms with Crippen LogP contribution in [-0.2, 0) is 6.42 Å². The molecule has 150 valence electrons. The van der Waals surface area contributed by atoms with Gasteiger partial charge < -0.3 is 20.1 Å². The van der Waals surface area contributed by atoms with E-state index < -0.39 is 0 Å². The first-order valence-electron chi connectivity index (χ1n) is 10.7. The average Bonchev–Trinajstić information content (AvgIpc) is 2.89. The van der Waals surface area contributed by atoms with Gasteiger partial charge in [0.1, 0.15) is 0 Å². The van der Waals surface area contributed by atoms with Crippen LogP contribution in [0.15, 0.2) is 42.5 Å². The number of amides is 1. The molecule has 1 amide bonds. The number of carbonyl (C=O) groups excluding carboxylic acids is 1. The molecule has 2 aromatic carbocycles. The van der Waals surface area contributed by atoms with Gasteiger partial charge >= 0.3 is 0 Å². The number of likely N-dealkylation sites (N-methyl/N-ethyl adjacent to an activating group) is 1. The van der Waals surface area contributed by atoms with Crippen LogP contribution in [-0.4, -0.2) is 55.1 Å². The lowest BCUT2D eigenvalue weighted by Crippen LogP contribution is -2.30. The van der Waals surface area contributed by atoms with Crippen molar-refractivity contribution in [2.75, 3.05) is 44.2 Å². The summed E-state index contributed by atoms with van der Waals surface area (Å²) in [7, 11) is 0. The van der Waals surface area contributed by atoms with Crippen LogP contribution in [0.3, 0.4) is 0 Å². The molecular formula is C24H28N4O. The van der Waals surface area contributed by atoms with Crippen LogP contribution in [0.2, 0.25) is 0 Å². The van der Waals surface area contributed by atoms with Crippen molar-refractivity contribution in [3.8, 4) is 11.3 Å². The zero-order chi connectivity index (χ0) is 19.8. The third-order valence-electron chi connectivity index (χ3n) is 6.39. The summed E-state index contributed by atoms with van der Waals surface area (Å²) in [4.78, 5) is 21.0. The number of nitrogens with one attached hydrogen (secondary N) is 2. The highest BCUT2D eigenvalue weighted by atomic mass is 16.1. The highest BCUT2D eigenvalue weighted by molar-refractivity contribution is 6.10. The molecule has 1 saturated heterocycles. The molecule has 3 heterocycles. The van der Waals surface area contributed by atoms with Crippen molar-refractivity contribution in [1.82, 2.24) is 15.2 Å². The van der Waals surface area contributed by atoms with Crippen molar-refractivity contribution in [1.29, 1.82) is 0 Å². The molecule has 0 bridgehead atoms. The van der Waals surface area contributed by atoms with Crippen LogP contribution < -0.4 is 10.2 Å². The Balaban J connectivity index is 1.48. The van der Waals surface area contributed by atoms with E-state index in [9.17, 15) is 4.79 Å². The van der Waals surface area contributed by atoms with Gasteiger partial charge in [-0.1, -0.05) is 25.1 Å². The van der Waals surface area contributed by atoms with Gasteiger partial charge in [0, 0.05) is 54.0 Å². The van der Waals surface area contributed by atoms with E-state index in [1.54, 1.807) is 0 Å². The highest BCUT2D eigenvalue weighted by Crippen LogP contribution is 2.34. The largest absolute Gasteiger partial charge is 0.370 e. The lowest BCUT2D eigenvalue weighted by Gasteiger charge is -2.23. The molecule has 2 N–H and O–H groups in total. The van der Waals surface area contributed by atoms with Crippen molar-refractivity contribution in [3.63, 3.8) is 0 Å². The maximum Gasteiger partial charge on any atom is 0.251 e. The number of hydrogen-bond donors (Lipinski definition) is 2. The molecule has 0 atom stereocenters. The van der Waals surface area contributed by atoms with Gasteiger partial charge in [-0.2, -0.15) is 0 Å². The Morgan fingerprint density at radius 2 is 1.86 bits per heavy atom. The van der Waals surface area contributed by atoms with Gasteiger partial charge in [-0.15, -0.1) is 0 Å². The Morgan fingerprint density at radius 3 is 2.69 bits per heavy atom. The fourth-order valence-corrected chi connectivity index (χ4v) is 4.78. The molecule has 5 heteroatoms. The predicted octanol–water partition coefficient (Wildman–Crippen LogP) is 3.65. The van der Waals surface area contributed by atoms with Crippen LogP contribution in [0, 0.1) is 0 Å². The minimum Gasteiger partial charge on any atom is -0.370 e. The lowest BCUT2D eigenvalue weighted by atomic mass is 10.00. The van der Waals surface area contributed by atoms with Gasteiger partial charge in [0.05, 0.1) is 0 Å². The summed E-state index contributed by atoms with van der Waals surface area (Å²) < 4.78 is 0. The minimum absolute atomic E-state index is 0.0255. The van der Waals surface area contributed by atoms with E-state index in [0.29, 0.717) is 6.54 Å². The van der Waals surface area contributed by atoms with Crippen molar-refractivity contribution < 1.29 is 4.79 Å².